The van der Waals surface area contributed by atoms with Crippen LogP contribution in [0.25, 0.3) is 0 Å². The maximum Gasteiger partial charge on any atom is 0.261 e. The molecule has 0 aromatic heterocycles. The fourth-order valence-corrected chi connectivity index (χ4v) is 4.53. The molecule has 0 aliphatic heterocycles. The highest BCUT2D eigenvalue weighted by Crippen LogP contribution is 2.29. The normalized spacial score (nSPS) is 11.4. The van der Waals surface area contributed by atoms with Crippen LogP contribution in [0.3, 0.4) is 0 Å². The van der Waals surface area contributed by atoms with E-state index in [1.165, 1.54) is 30.3 Å². The van der Waals surface area contributed by atoms with Gasteiger partial charge >= 0.3 is 0 Å². The average molecular weight is 457 g/mol. The third kappa shape index (κ3) is 5.27. The first-order chi connectivity index (χ1) is 14.6. The molecule has 162 valence electrons. The quantitative estimate of drug-likeness (QED) is 0.468. The summed E-state index contributed by atoms with van der Waals surface area (Å²) in [7, 11) is -3.76. The van der Waals surface area contributed by atoms with E-state index in [-0.39, 0.29) is 33.0 Å². The fourth-order valence-electron chi connectivity index (χ4n) is 3.22. The Labute approximate surface area is 188 Å². The second-order valence-electron chi connectivity index (χ2n) is 7.76. The topological polar surface area (TPSA) is 75.3 Å². The van der Waals surface area contributed by atoms with Crippen molar-refractivity contribution < 1.29 is 13.2 Å². The third-order valence-electron chi connectivity index (χ3n) is 4.96. The van der Waals surface area contributed by atoms with E-state index >= 15 is 0 Å². The van der Waals surface area contributed by atoms with Crippen LogP contribution in [-0.4, -0.2) is 14.3 Å². The lowest BCUT2D eigenvalue weighted by atomic mass is 9.98. The standard InChI is InChI=1S/C24H25ClN2O3S/c1-15(2)20-7-5-6-17(4)23(20)26-24(28)21-13-10-18(14-22(21)25)27-31(29,30)19-11-8-16(3)9-12-19/h5-15,27H,1-4H3,(H,26,28). The van der Waals surface area contributed by atoms with Crippen molar-refractivity contribution >= 4 is 38.9 Å². The molecule has 1 amide bonds. The van der Waals surface area contributed by atoms with Crippen molar-refractivity contribution in [3.63, 3.8) is 0 Å². The Morgan fingerprint density at radius 2 is 1.65 bits per heavy atom. The molecule has 0 saturated carbocycles. The third-order valence-corrected chi connectivity index (χ3v) is 6.67. The van der Waals surface area contributed by atoms with E-state index in [9.17, 15) is 13.2 Å². The summed E-state index contributed by atoms with van der Waals surface area (Å²) in [6.07, 6.45) is 0. The zero-order valence-corrected chi connectivity index (χ0v) is 19.4. The minimum atomic E-state index is -3.76. The second kappa shape index (κ2) is 9.12. The van der Waals surface area contributed by atoms with Gasteiger partial charge in [-0.25, -0.2) is 8.42 Å². The number of carbonyl (C=O) groups is 1. The Hall–Kier alpha value is -2.83. The summed E-state index contributed by atoms with van der Waals surface area (Å²) in [4.78, 5) is 13.0. The molecule has 0 fully saturated rings. The zero-order valence-electron chi connectivity index (χ0n) is 17.9. The Kier molecular flexibility index (Phi) is 6.72. The molecule has 0 heterocycles. The molecule has 0 aliphatic rings. The van der Waals surface area contributed by atoms with Crippen LogP contribution in [0.15, 0.2) is 65.6 Å². The van der Waals surface area contributed by atoms with Gasteiger partial charge in [-0.15, -0.1) is 0 Å². The molecule has 2 N–H and O–H groups in total. The van der Waals surface area contributed by atoms with Gasteiger partial charge in [-0.2, -0.15) is 0 Å². The van der Waals surface area contributed by atoms with Gasteiger partial charge in [-0.3, -0.25) is 9.52 Å². The fraction of sp³-hybridized carbons (Fsp3) is 0.208. The molecule has 0 saturated heterocycles. The maximum atomic E-state index is 12.9. The Bertz CT molecular complexity index is 1220. The Balaban J connectivity index is 1.83. The van der Waals surface area contributed by atoms with Crippen molar-refractivity contribution in [2.75, 3.05) is 10.0 Å². The van der Waals surface area contributed by atoms with Crippen molar-refractivity contribution in [1.82, 2.24) is 0 Å². The zero-order chi connectivity index (χ0) is 22.8. The van der Waals surface area contributed by atoms with Gasteiger partial charge in [-0.1, -0.05) is 61.3 Å². The molecule has 0 radical (unpaired) electrons. The lowest BCUT2D eigenvalue weighted by Gasteiger charge is -2.17. The lowest BCUT2D eigenvalue weighted by Crippen LogP contribution is -2.16. The molecule has 0 atom stereocenters. The van der Waals surface area contributed by atoms with Crippen LogP contribution in [0.4, 0.5) is 11.4 Å². The molecular formula is C24H25ClN2O3S. The van der Waals surface area contributed by atoms with E-state index in [1.54, 1.807) is 12.1 Å². The van der Waals surface area contributed by atoms with Gasteiger partial charge in [0.15, 0.2) is 0 Å². The van der Waals surface area contributed by atoms with Gasteiger partial charge in [0, 0.05) is 5.69 Å². The predicted octanol–water partition coefficient (Wildman–Crippen LogP) is 6.13. The number of benzene rings is 3. The summed E-state index contributed by atoms with van der Waals surface area (Å²) in [6, 6.07) is 16.9. The number of aryl methyl sites for hydroxylation is 2. The maximum absolute atomic E-state index is 12.9. The molecule has 0 spiro atoms. The van der Waals surface area contributed by atoms with E-state index in [0.717, 1.165) is 22.4 Å². The minimum Gasteiger partial charge on any atom is -0.321 e. The number of nitrogens with one attached hydrogen (secondary N) is 2. The van der Waals surface area contributed by atoms with Crippen molar-refractivity contribution in [2.24, 2.45) is 0 Å². The van der Waals surface area contributed by atoms with Crippen molar-refractivity contribution in [3.05, 3.63) is 87.9 Å². The number of para-hydroxylation sites is 1. The van der Waals surface area contributed by atoms with E-state index < -0.39 is 10.0 Å². The molecule has 31 heavy (non-hydrogen) atoms. The Morgan fingerprint density at radius 1 is 0.968 bits per heavy atom. The summed E-state index contributed by atoms with van der Waals surface area (Å²) in [5.41, 5.74) is 4.26. The first kappa shape index (κ1) is 22.8. The highest BCUT2D eigenvalue weighted by atomic mass is 35.5. The number of anilines is 2. The molecule has 3 rings (SSSR count). The van der Waals surface area contributed by atoms with Crippen LogP contribution in [0.5, 0.6) is 0 Å². The lowest BCUT2D eigenvalue weighted by molar-refractivity contribution is 0.102. The molecule has 7 heteroatoms. The number of halogens is 1. The van der Waals surface area contributed by atoms with Crippen LogP contribution < -0.4 is 10.0 Å². The van der Waals surface area contributed by atoms with Crippen LogP contribution >= 0.6 is 11.6 Å². The molecule has 3 aromatic carbocycles. The SMILES string of the molecule is Cc1ccc(S(=O)(=O)Nc2ccc(C(=O)Nc3c(C)cccc3C(C)C)c(Cl)c2)cc1. The van der Waals surface area contributed by atoms with E-state index in [4.69, 9.17) is 11.6 Å². The number of carbonyl (C=O) groups excluding carboxylic acids is 1. The Morgan fingerprint density at radius 3 is 2.26 bits per heavy atom. The summed E-state index contributed by atoms with van der Waals surface area (Å²) < 4.78 is 27.7. The first-order valence-electron chi connectivity index (χ1n) is 9.88. The average Bonchev–Trinajstić information content (AvgIpc) is 2.69. The van der Waals surface area contributed by atoms with E-state index in [1.807, 2.05) is 32.0 Å². The van der Waals surface area contributed by atoms with Crippen LogP contribution in [0, 0.1) is 13.8 Å². The highest BCUT2D eigenvalue weighted by Gasteiger charge is 2.18. The molecular weight excluding hydrogens is 432 g/mol. The number of sulfonamides is 1. The van der Waals surface area contributed by atoms with Gasteiger partial charge < -0.3 is 5.32 Å². The monoisotopic (exact) mass is 456 g/mol. The number of amides is 1. The highest BCUT2D eigenvalue weighted by molar-refractivity contribution is 7.92. The minimum absolute atomic E-state index is 0.150. The summed E-state index contributed by atoms with van der Waals surface area (Å²) in [5, 5.41) is 3.11. The predicted molar refractivity (Wildman–Crippen MR) is 127 cm³/mol. The van der Waals surface area contributed by atoms with Gasteiger partial charge in [0.25, 0.3) is 15.9 Å². The van der Waals surface area contributed by atoms with Gasteiger partial charge in [-0.05, 0) is 61.2 Å². The van der Waals surface area contributed by atoms with Gasteiger partial charge in [0.05, 0.1) is 21.2 Å². The number of rotatable bonds is 6. The van der Waals surface area contributed by atoms with E-state index in [2.05, 4.69) is 23.9 Å². The second-order valence-corrected chi connectivity index (χ2v) is 9.85. The summed E-state index contributed by atoms with van der Waals surface area (Å²) in [6.45, 7) is 7.94. The first-order valence-corrected chi connectivity index (χ1v) is 11.7. The molecule has 3 aromatic rings. The summed E-state index contributed by atoms with van der Waals surface area (Å²) in [5.74, 6) is -0.113. The number of hydrogen-bond acceptors (Lipinski definition) is 3. The van der Waals surface area contributed by atoms with E-state index in [0.29, 0.717) is 0 Å². The van der Waals surface area contributed by atoms with Crippen LogP contribution in [0.2, 0.25) is 5.02 Å². The van der Waals surface area contributed by atoms with Crippen LogP contribution in [-0.2, 0) is 10.0 Å². The van der Waals surface area contributed by atoms with Crippen LogP contribution in [0.1, 0.15) is 46.8 Å². The van der Waals surface area contributed by atoms with Crippen molar-refractivity contribution in [3.8, 4) is 0 Å². The molecule has 0 bridgehead atoms. The summed E-state index contributed by atoms with van der Waals surface area (Å²) >= 11 is 6.33. The van der Waals surface area contributed by atoms with Crippen molar-refractivity contribution in [2.45, 2.75) is 38.5 Å². The largest absolute Gasteiger partial charge is 0.321 e. The molecule has 0 aliphatic carbocycles. The molecule has 0 unspecified atom stereocenters. The van der Waals surface area contributed by atoms with Gasteiger partial charge in [0.2, 0.25) is 0 Å². The molecule has 5 nitrogen and oxygen atoms in total. The number of hydrogen-bond donors (Lipinski definition) is 2. The smallest absolute Gasteiger partial charge is 0.261 e. The van der Waals surface area contributed by atoms with Gasteiger partial charge in [0.1, 0.15) is 0 Å². The van der Waals surface area contributed by atoms with Crippen molar-refractivity contribution in [1.29, 1.82) is 0 Å².